The number of urea groups is 1. The summed E-state index contributed by atoms with van der Waals surface area (Å²) in [5.41, 5.74) is 1.52. The lowest BCUT2D eigenvalue weighted by atomic mass is 9.84. The molecule has 1 aliphatic carbocycles. The van der Waals surface area contributed by atoms with Crippen LogP contribution in [0, 0.1) is 11.8 Å². The lowest BCUT2D eigenvalue weighted by Gasteiger charge is -2.25. The molecule has 0 bridgehead atoms. The van der Waals surface area contributed by atoms with Crippen molar-refractivity contribution in [2.45, 2.75) is 26.7 Å². The van der Waals surface area contributed by atoms with Gasteiger partial charge in [0.25, 0.3) is 0 Å². The van der Waals surface area contributed by atoms with Crippen molar-refractivity contribution in [2.24, 2.45) is 11.8 Å². The van der Waals surface area contributed by atoms with Crippen LogP contribution < -0.4 is 10.6 Å². The van der Waals surface area contributed by atoms with E-state index in [-0.39, 0.29) is 6.03 Å². The largest absolute Gasteiger partial charge is 0.337 e. The third-order valence-corrected chi connectivity index (χ3v) is 3.30. The van der Waals surface area contributed by atoms with E-state index in [1.165, 1.54) is 18.4 Å². The lowest BCUT2D eigenvalue weighted by Crippen LogP contribution is -2.39. The zero-order valence-corrected chi connectivity index (χ0v) is 12.1. The van der Waals surface area contributed by atoms with Crippen LogP contribution in [0.25, 0.3) is 0 Å². The number of amides is 2. The highest BCUT2D eigenvalue weighted by Crippen LogP contribution is 2.26. The van der Waals surface area contributed by atoms with E-state index in [0.29, 0.717) is 12.5 Å². The molecule has 1 rings (SSSR count). The van der Waals surface area contributed by atoms with Crippen LogP contribution in [0.5, 0.6) is 0 Å². The van der Waals surface area contributed by atoms with Crippen LogP contribution in [-0.4, -0.2) is 44.7 Å². The minimum absolute atomic E-state index is 0.0260. The number of carbonyl (C=O) groups is 1. The van der Waals surface area contributed by atoms with E-state index in [1.807, 2.05) is 0 Å². The minimum Gasteiger partial charge on any atom is -0.337 e. The van der Waals surface area contributed by atoms with Crippen molar-refractivity contribution >= 4 is 6.03 Å². The molecule has 2 unspecified atom stereocenters. The zero-order chi connectivity index (χ0) is 13.5. The maximum atomic E-state index is 11.3. The summed E-state index contributed by atoms with van der Waals surface area (Å²) < 4.78 is 0. The standard InChI is InChI=1S/C14H27N3O/c1-11-7-12(2)9-13(8-11)10-15-5-6-16-14(18)17(3)4/h7,11,13,15H,5-6,8-10H2,1-4H3,(H,16,18). The van der Waals surface area contributed by atoms with E-state index in [4.69, 9.17) is 0 Å². The fourth-order valence-electron chi connectivity index (χ4n) is 2.56. The van der Waals surface area contributed by atoms with Gasteiger partial charge < -0.3 is 15.5 Å². The summed E-state index contributed by atoms with van der Waals surface area (Å²) in [7, 11) is 3.50. The van der Waals surface area contributed by atoms with Crippen molar-refractivity contribution in [3.63, 3.8) is 0 Å². The molecule has 104 valence electrons. The highest BCUT2D eigenvalue weighted by Gasteiger charge is 2.17. The predicted octanol–water partition coefficient (Wildman–Crippen LogP) is 1.84. The summed E-state index contributed by atoms with van der Waals surface area (Å²) >= 11 is 0. The van der Waals surface area contributed by atoms with Crippen LogP contribution in [0.1, 0.15) is 26.7 Å². The molecule has 0 aromatic carbocycles. The number of hydrogen-bond donors (Lipinski definition) is 2. The van der Waals surface area contributed by atoms with Gasteiger partial charge in [-0.2, -0.15) is 0 Å². The second-order valence-corrected chi connectivity index (χ2v) is 5.63. The molecule has 0 aromatic heterocycles. The summed E-state index contributed by atoms with van der Waals surface area (Å²) in [6, 6.07) is -0.0260. The molecule has 4 heteroatoms. The number of allylic oxidation sites excluding steroid dienone is 2. The zero-order valence-electron chi connectivity index (χ0n) is 12.1. The molecule has 2 N–H and O–H groups in total. The van der Waals surface area contributed by atoms with E-state index < -0.39 is 0 Å². The quantitative estimate of drug-likeness (QED) is 0.580. The molecule has 0 fully saturated rings. The van der Waals surface area contributed by atoms with Gasteiger partial charge in [-0.3, -0.25) is 0 Å². The molecule has 18 heavy (non-hydrogen) atoms. The van der Waals surface area contributed by atoms with Gasteiger partial charge >= 0.3 is 6.03 Å². The van der Waals surface area contributed by atoms with Crippen molar-refractivity contribution < 1.29 is 4.79 Å². The molecule has 0 heterocycles. The van der Waals surface area contributed by atoms with E-state index in [1.54, 1.807) is 19.0 Å². The summed E-state index contributed by atoms with van der Waals surface area (Å²) in [6.07, 6.45) is 4.86. The van der Waals surface area contributed by atoms with Crippen LogP contribution in [0.2, 0.25) is 0 Å². The van der Waals surface area contributed by atoms with E-state index in [0.717, 1.165) is 19.0 Å². The Kier molecular flexibility index (Phi) is 6.19. The molecule has 0 saturated carbocycles. The second-order valence-electron chi connectivity index (χ2n) is 5.63. The molecule has 0 spiro atoms. The first-order chi connectivity index (χ1) is 8.49. The van der Waals surface area contributed by atoms with Gasteiger partial charge in [0.05, 0.1) is 0 Å². The van der Waals surface area contributed by atoms with Crippen molar-refractivity contribution in [3.05, 3.63) is 11.6 Å². The van der Waals surface area contributed by atoms with Gasteiger partial charge in [-0.15, -0.1) is 0 Å². The molecule has 0 aromatic rings. The summed E-state index contributed by atoms with van der Waals surface area (Å²) in [5, 5.41) is 6.28. The smallest absolute Gasteiger partial charge is 0.316 e. The summed E-state index contributed by atoms with van der Waals surface area (Å²) in [6.45, 7) is 7.08. The lowest BCUT2D eigenvalue weighted by molar-refractivity contribution is 0.217. The predicted molar refractivity (Wildman–Crippen MR) is 75.6 cm³/mol. The van der Waals surface area contributed by atoms with Crippen LogP contribution in [0.3, 0.4) is 0 Å². The second kappa shape index (κ2) is 7.41. The monoisotopic (exact) mass is 253 g/mol. The van der Waals surface area contributed by atoms with Gasteiger partial charge in [-0.25, -0.2) is 4.79 Å². The highest BCUT2D eigenvalue weighted by molar-refractivity contribution is 5.73. The Labute approximate surface area is 111 Å². The van der Waals surface area contributed by atoms with Crippen LogP contribution >= 0.6 is 0 Å². The summed E-state index contributed by atoms with van der Waals surface area (Å²) in [5.74, 6) is 1.45. The number of hydrogen-bond acceptors (Lipinski definition) is 2. The number of carbonyl (C=O) groups excluding carboxylic acids is 1. The molecule has 0 aliphatic heterocycles. The highest BCUT2D eigenvalue weighted by atomic mass is 16.2. The number of nitrogens with zero attached hydrogens (tertiary/aromatic N) is 1. The third kappa shape index (κ3) is 5.54. The van der Waals surface area contributed by atoms with Crippen molar-refractivity contribution in [1.29, 1.82) is 0 Å². The molecule has 0 saturated heterocycles. The molecule has 2 amide bonds. The molecule has 0 radical (unpaired) electrons. The SMILES string of the molecule is CC1=CC(C)CC(CNCCNC(=O)N(C)C)C1. The summed E-state index contributed by atoms with van der Waals surface area (Å²) in [4.78, 5) is 12.8. The van der Waals surface area contributed by atoms with Gasteiger partial charge in [-0.05, 0) is 38.1 Å². The first-order valence-corrected chi connectivity index (χ1v) is 6.82. The molecular formula is C14H27N3O. The van der Waals surface area contributed by atoms with Crippen LogP contribution in [-0.2, 0) is 0 Å². The first kappa shape index (κ1) is 15.0. The molecule has 4 nitrogen and oxygen atoms in total. The Morgan fingerprint density at radius 3 is 2.78 bits per heavy atom. The van der Waals surface area contributed by atoms with Gasteiger partial charge in [0.2, 0.25) is 0 Å². The van der Waals surface area contributed by atoms with Crippen LogP contribution in [0.4, 0.5) is 4.79 Å². The normalized spacial score (nSPS) is 23.4. The Balaban J connectivity index is 2.08. The molecule has 1 aliphatic rings. The van der Waals surface area contributed by atoms with E-state index in [9.17, 15) is 4.79 Å². The number of nitrogens with one attached hydrogen (secondary N) is 2. The Bertz CT molecular complexity index is 299. The fraction of sp³-hybridized carbons (Fsp3) is 0.786. The number of rotatable bonds is 5. The van der Waals surface area contributed by atoms with Crippen LogP contribution in [0.15, 0.2) is 11.6 Å². The fourth-order valence-corrected chi connectivity index (χ4v) is 2.56. The van der Waals surface area contributed by atoms with Gasteiger partial charge in [0.1, 0.15) is 0 Å². The maximum absolute atomic E-state index is 11.3. The Morgan fingerprint density at radius 1 is 1.44 bits per heavy atom. The first-order valence-electron chi connectivity index (χ1n) is 6.82. The van der Waals surface area contributed by atoms with Gasteiger partial charge in [-0.1, -0.05) is 18.6 Å². The van der Waals surface area contributed by atoms with E-state index in [2.05, 4.69) is 30.6 Å². The van der Waals surface area contributed by atoms with Gasteiger partial charge in [0, 0.05) is 27.2 Å². The Hall–Kier alpha value is -1.03. The van der Waals surface area contributed by atoms with Crippen molar-refractivity contribution in [2.75, 3.05) is 33.7 Å². The van der Waals surface area contributed by atoms with Crippen molar-refractivity contribution in [3.8, 4) is 0 Å². The molecular weight excluding hydrogens is 226 g/mol. The topological polar surface area (TPSA) is 44.4 Å². The maximum Gasteiger partial charge on any atom is 0.316 e. The van der Waals surface area contributed by atoms with Gasteiger partial charge in [0.15, 0.2) is 0 Å². The molecule has 2 atom stereocenters. The third-order valence-electron chi connectivity index (χ3n) is 3.30. The Morgan fingerprint density at radius 2 is 2.17 bits per heavy atom. The van der Waals surface area contributed by atoms with E-state index >= 15 is 0 Å². The van der Waals surface area contributed by atoms with Crippen molar-refractivity contribution in [1.82, 2.24) is 15.5 Å². The minimum atomic E-state index is -0.0260. The average Bonchev–Trinajstić information content (AvgIpc) is 2.26. The average molecular weight is 253 g/mol.